The maximum Gasteiger partial charge on any atom is 0.190 e. The highest BCUT2D eigenvalue weighted by Gasteiger charge is 2.09. The fourth-order valence-electron chi connectivity index (χ4n) is 1.65. The summed E-state index contributed by atoms with van der Waals surface area (Å²) in [7, 11) is 4.17. The molecule has 1 aromatic heterocycles. The average Bonchev–Trinajstić information content (AvgIpc) is 2.33. The Morgan fingerprint density at radius 1 is 1.28 bits per heavy atom. The maximum absolute atomic E-state index is 6.01. The van der Waals surface area contributed by atoms with Gasteiger partial charge in [-0.2, -0.15) is 0 Å². The van der Waals surface area contributed by atoms with Crippen LogP contribution < -0.4 is 4.90 Å². The molecule has 0 aromatic carbocycles. The van der Waals surface area contributed by atoms with E-state index in [-0.39, 0.29) is 0 Å². The van der Waals surface area contributed by atoms with E-state index in [1.807, 2.05) is 12.3 Å². The zero-order chi connectivity index (χ0) is 13.5. The average molecular weight is 289 g/mol. The molecule has 1 aromatic rings. The summed E-state index contributed by atoms with van der Waals surface area (Å²) in [6.07, 6.45) is 3.06. The van der Waals surface area contributed by atoms with E-state index < -0.39 is 0 Å². The lowest BCUT2D eigenvalue weighted by Crippen LogP contribution is -2.28. The van der Waals surface area contributed by atoms with Crippen molar-refractivity contribution in [3.8, 4) is 0 Å². The van der Waals surface area contributed by atoms with E-state index in [2.05, 4.69) is 40.8 Å². The molecule has 0 amide bonds. The Hall–Kier alpha value is -0.520. The van der Waals surface area contributed by atoms with E-state index in [0.717, 1.165) is 37.0 Å². The quantitative estimate of drug-likeness (QED) is 0.437. The summed E-state index contributed by atoms with van der Waals surface area (Å²) >= 11 is 7.53. The van der Waals surface area contributed by atoms with E-state index in [1.54, 1.807) is 0 Å². The Labute approximate surface area is 119 Å². The van der Waals surface area contributed by atoms with Crippen LogP contribution in [0.3, 0.4) is 0 Å². The first-order valence-corrected chi connectivity index (χ1v) is 7.65. The monoisotopic (exact) mass is 288 g/mol. The highest BCUT2D eigenvalue weighted by molar-refractivity contribution is 7.98. The van der Waals surface area contributed by atoms with Crippen LogP contribution in [0.2, 0.25) is 5.15 Å². The molecule has 0 atom stereocenters. The van der Waals surface area contributed by atoms with Crippen molar-refractivity contribution in [3.63, 3.8) is 0 Å². The van der Waals surface area contributed by atoms with E-state index in [9.17, 15) is 0 Å². The summed E-state index contributed by atoms with van der Waals surface area (Å²) in [4.78, 5) is 13.1. The van der Waals surface area contributed by atoms with Crippen molar-refractivity contribution in [2.75, 3.05) is 44.9 Å². The van der Waals surface area contributed by atoms with Gasteiger partial charge in [-0.1, -0.05) is 23.4 Å². The third kappa shape index (κ3) is 5.00. The molecule has 0 aliphatic carbocycles. The molecule has 0 fully saturated rings. The van der Waals surface area contributed by atoms with E-state index in [4.69, 9.17) is 11.6 Å². The van der Waals surface area contributed by atoms with Crippen molar-refractivity contribution in [1.82, 2.24) is 14.9 Å². The molecule has 0 unspecified atom stereocenters. The largest absolute Gasteiger partial charge is 0.357 e. The van der Waals surface area contributed by atoms with Gasteiger partial charge in [-0.05, 0) is 40.2 Å². The van der Waals surface area contributed by atoms with Crippen LogP contribution in [0.5, 0.6) is 0 Å². The third-order valence-corrected chi connectivity index (χ3v) is 3.32. The maximum atomic E-state index is 6.01. The molecule has 0 aliphatic heterocycles. The van der Waals surface area contributed by atoms with E-state index >= 15 is 0 Å². The lowest BCUT2D eigenvalue weighted by Gasteiger charge is -2.23. The van der Waals surface area contributed by atoms with Crippen LogP contribution >= 0.6 is 23.4 Å². The van der Waals surface area contributed by atoms with Crippen LogP contribution in [0.25, 0.3) is 0 Å². The summed E-state index contributed by atoms with van der Waals surface area (Å²) in [5.41, 5.74) is 0. The van der Waals surface area contributed by atoms with Gasteiger partial charge in [0.2, 0.25) is 0 Å². The minimum Gasteiger partial charge on any atom is -0.357 e. The molecule has 102 valence electrons. The first-order chi connectivity index (χ1) is 8.56. The van der Waals surface area contributed by atoms with Crippen LogP contribution in [-0.4, -0.2) is 54.9 Å². The fourth-order valence-corrected chi connectivity index (χ4v) is 2.25. The molecule has 6 heteroatoms. The molecule has 0 spiro atoms. The van der Waals surface area contributed by atoms with Gasteiger partial charge in [-0.15, -0.1) is 0 Å². The Morgan fingerprint density at radius 2 is 2.00 bits per heavy atom. The predicted octanol–water partition coefficient (Wildman–Crippen LogP) is 2.63. The summed E-state index contributed by atoms with van der Waals surface area (Å²) in [6, 6.07) is 1.83. The van der Waals surface area contributed by atoms with Gasteiger partial charge in [0.1, 0.15) is 11.0 Å². The molecule has 1 rings (SSSR count). The second kappa shape index (κ2) is 7.81. The zero-order valence-corrected chi connectivity index (χ0v) is 13.1. The normalized spacial score (nSPS) is 11.0. The van der Waals surface area contributed by atoms with Crippen LogP contribution in [-0.2, 0) is 0 Å². The van der Waals surface area contributed by atoms with Gasteiger partial charge in [0, 0.05) is 19.2 Å². The molecule has 0 saturated heterocycles. The lowest BCUT2D eigenvalue weighted by atomic mass is 10.3. The molecule has 4 nitrogen and oxygen atoms in total. The zero-order valence-electron chi connectivity index (χ0n) is 11.5. The number of aromatic nitrogens is 2. The van der Waals surface area contributed by atoms with Crippen LogP contribution in [0.4, 0.5) is 5.82 Å². The number of thioether (sulfide) groups is 1. The Morgan fingerprint density at radius 3 is 2.56 bits per heavy atom. The van der Waals surface area contributed by atoms with Gasteiger partial charge in [-0.3, -0.25) is 0 Å². The van der Waals surface area contributed by atoms with Gasteiger partial charge in [0.25, 0.3) is 0 Å². The number of nitrogens with zero attached hydrogens (tertiary/aromatic N) is 4. The molecular weight excluding hydrogens is 268 g/mol. The Kier molecular flexibility index (Phi) is 6.75. The summed E-state index contributed by atoms with van der Waals surface area (Å²) in [6.45, 7) is 5.11. The van der Waals surface area contributed by atoms with Gasteiger partial charge in [0.15, 0.2) is 5.16 Å². The Balaban J connectivity index is 2.71. The molecule has 0 saturated carbocycles. The molecule has 1 heterocycles. The molecule has 18 heavy (non-hydrogen) atoms. The second-order valence-corrected chi connectivity index (χ2v) is 5.43. The molecule has 0 radical (unpaired) electrons. The van der Waals surface area contributed by atoms with Crippen molar-refractivity contribution in [1.29, 1.82) is 0 Å². The van der Waals surface area contributed by atoms with Crippen molar-refractivity contribution >= 4 is 29.2 Å². The van der Waals surface area contributed by atoms with Crippen LogP contribution in [0.1, 0.15) is 13.3 Å². The van der Waals surface area contributed by atoms with Crippen molar-refractivity contribution in [2.45, 2.75) is 18.5 Å². The minimum atomic E-state index is 0.510. The predicted molar refractivity (Wildman–Crippen MR) is 79.9 cm³/mol. The molecule has 0 bridgehead atoms. The Bertz CT molecular complexity index is 373. The first-order valence-electron chi connectivity index (χ1n) is 6.05. The van der Waals surface area contributed by atoms with E-state index in [1.165, 1.54) is 11.8 Å². The van der Waals surface area contributed by atoms with Crippen LogP contribution in [0, 0.1) is 0 Å². The smallest absolute Gasteiger partial charge is 0.190 e. The summed E-state index contributed by atoms with van der Waals surface area (Å²) in [5, 5.41) is 1.24. The summed E-state index contributed by atoms with van der Waals surface area (Å²) in [5.74, 6) is 0.917. The number of hydrogen-bond acceptors (Lipinski definition) is 5. The van der Waals surface area contributed by atoms with E-state index in [0.29, 0.717) is 5.15 Å². The SMILES string of the molecule is CCN(CCCN(C)C)c1cc(Cl)nc(SC)n1. The lowest BCUT2D eigenvalue weighted by molar-refractivity contribution is 0.400. The van der Waals surface area contributed by atoms with Crippen LogP contribution in [0.15, 0.2) is 11.2 Å². The minimum absolute atomic E-state index is 0.510. The van der Waals surface area contributed by atoms with Gasteiger partial charge >= 0.3 is 0 Å². The van der Waals surface area contributed by atoms with Gasteiger partial charge in [0.05, 0.1) is 0 Å². The highest BCUT2D eigenvalue weighted by atomic mass is 35.5. The molecule has 0 aliphatic rings. The third-order valence-electron chi connectivity index (χ3n) is 2.58. The van der Waals surface area contributed by atoms with Crippen molar-refractivity contribution < 1.29 is 0 Å². The van der Waals surface area contributed by atoms with Gasteiger partial charge in [-0.25, -0.2) is 9.97 Å². The fraction of sp³-hybridized carbons (Fsp3) is 0.667. The first kappa shape index (κ1) is 15.5. The molecule has 0 N–H and O–H groups in total. The topological polar surface area (TPSA) is 32.3 Å². The second-order valence-electron chi connectivity index (χ2n) is 4.27. The molecular formula is C12H21ClN4S. The van der Waals surface area contributed by atoms with Gasteiger partial charge < -0.3 is 9.80 Å². The van der Waals surface area contributed by atoms with Crippen molar-refractivity contribution in [2.24, 2.45) is 0 Å². The number of rotatable bonds is 7. The summed E-state index contributed by atoms with van der Waals surface area (Å²) < 4.78 is 0. The number of anilines is 1. The highest BCUT2D eigenvalue weighted by Crippen LogP contribution is 2.20. The number of halogens is 1. The van der Waals surface area contributed by atoms with Crippen molar-refractivity contribution in [3.05, 3.63) is 11.2 Å². The standard InChI is InChI=1S/C12H21ClN4S/c1-5-17(8-6-7-16(2)3)11-9-10(13)14-12(15-11)18-4/h9H,5-8H2,1-4H3. The number of hydrogen-bond donors (Lipinski definition) is 0.